The Hall–Kier alpha value is -1.57. The highest BCUT2D eigenvalue weighted by Gasteiger charge is 2.33. The van der Waals surface area contributed by atoms with Crippen molar-refractivity contribution in [3.63, 3.8) is 0 Å². The molecule has 0 amide bonds. The number of carbonyl (C=O) groups excluding carboxylic acids is 1. The lowest BCUT2D eigenvalue weighted by Gasteiger charge is -2.27. The van der Waals surface area contributed by atoms with E-state index in [-0.39, 0.29) is 11.2 Å². The van der Waals surface area contributed by atoms with Gasteiger partial charge in [0.05, 0.1) is 0 Å². The minimum absolute atomic E-state index is 0.166. The summed E-state index contributed by atoms with van der Waals surface area (Å²) < 4.78 is 0. The molecular weight excluding hydrogens is 246 g/mol. The highest BCUT2D eigenvalue weighted by Crippen LogP contribution is 2.32. The van der Waals surface area contributed by atoms with Crippen LogP contribution in [0.1, 0.15) is 70.1 Å². The van der Waals surface area contributed by atoms with Gasteiger partial charge in [-0.25, -0.2) is 0 Å². The second-order valence-corrected chi connectivity index (χ2v) is 5.44. The summed E-state index contributed by atoms with van der Waals surface area (Å²) in [7, 11) is 0. The smallest absolute Gasteiger partial charge is 0.170 e. The molecule has 1 aromatic heterocycles. The summed E-state index contributed by atoms with van der Waals surface area (Å²) >= 11 is 0. The molecule has 0 radical (unpaired) electrons. The van der Waals surface area contributed by atoms with Crippen LogP contribution in [0.4, 0.5) is 0 Å². The van der Waals surface area contributed by atoms with Gasteiger partial charge in [0.15, 0.2) is 5.78 Å². The third kappa shape index (κ3) is 3.72. The van der Waals surface area contributed by atoms with Crippen LogP contribution in [0.15, 0.2) is 18.9 Å². The van der Waals surface area contributed by atoms with E-state index < -0.39 is 0 Å². The van der Waals surface area contributed by atoms with E-state index in [1.54, 1.807) is 12.3 Å². The molecule has 1 heterocycles. The lowest BCUT2D eigenvalue weighted by atomic mass is 9.75. The number of allylic oxidation sites excluding steroid dienone is 1. The lowest BCUT2D eigenvalue weighted by molar-refractivity contribution is 0.0772. The van der Waals surface area contributed by atoms with Crippen molar-refractivity contribution in [2.45, 2.75) is 48.5 Å². The Balaban J connectivity index is 0.00000172. The van der Waals surface area contributed by atoms with Crippen molar-refractivity contribution in [3.05, 3.63) is 35.7 Å². The van der Waals surface area contributed by atoms with Gasteiger partial charge in [-0.05, 0) is 18.9 Å². The molecule has 0 saturated heterocycles. The molecule has 0 aliphatic rings. The molecule has 0 bridgehead atoms. The van der Waals surface area contributed by atoms with Crippen molar-refractivity contribution in [1.29, 1.82) is 0 Å². The first-order valence-electron chi connectivity index (χ1n) is 7.37. The molecule has 0 fully saturated rings. The van der Waals surface area contributed by atoms with Crippen LogP contribution in [0.2, 0.25) is 0 Å². The SMILES string of the molecule is C=Cc1c(C(=O)C(C)(C)C(C)C)c[nH]c1/C=C\C.CC. The molecule has 0 aromatic carbocycles. The predicted octanol–water partition coefficient (Wildman–Crippen LogP) is 5.58. The summed E-state index contributed by atoms with van der Waals surface area (Å²) in [5.74, 6) is 0.460. The average molecular weight is 275 g/mol. The third-order valence-electron chi connectivity index (χ3n) is 3.76. The molecule has 0 unspecified atom stereocenters. The summed E-state index contributed by atoms with van der Waals surface area (Å²) in [6.07, 6.45) is 7.44. The van der Waals surface area contributed by atoms with E-state index in [1.165, 1.54) is 0 Å². The van der Waals surface area contributed by atoms with Gasteiger partial charge >= 0.3 is 0 Å². The van der Waals surface area contributed by atoms with Crippen LogP contribution < -0.4 is 0 Å². The van der Waals surface area contributed by atoms with E-state index >= 15 is 0 Å². The number of aromatic nitrogens is 1. The van der Waals surface area contributed by atoms with Crippen molar-refractivity contribution in [1.82, 2.24) is 4.98 Å². The van der Waals surface area contributed by atoms with Crippen molar-refractivity contribution in [3.8, 4) is 0 Å². The topological polar surface area (TPSA) is 32.9 Å². The van der Waals surface area contributed by atoms with E-state index in [0.717, 1.165) is 16.8 Å². The summed E-state index contributed by atoms with van der Waals surface area (Å²) in [5.41, 5.74) is 2.20. The van der Waals surface area contributed by atoms with Crippen LogP contribution >= 0.6 is 0 Å². The molecule has 0 aliphatic heterocycles. The maximum Gasteiger partial charge on any atom is 0.170 e. The molecular formula is C18H29NO. The minimum atomic E-state index is -0.368. The maximum atomic E-state index is 12.6. The lowest BCUT2D eigenvalue weighted by Crippen LogP contribution is -2.30. The van der Waals surface area contributed by atoms with Gasteiger partial charge in [0.2, 0.25) is 0 Å². The number of Topliss-reactive ketones (excluding diaryl/α,β-unsaturated/α-hetero) is 1. The molecule has 0 saturated carbocycles. The molecule has 2 heteroatoms. The van der Waals surface area contributed by atoms with Crippen molar-refractivity contribution >= 4 is 17.9 Å². The molecule has 1 aromatic rings. The van der Waals surface area contributed by atoms with Crippen molar-refractivity contribution in [2.75, 3.05) is 0 Å². The van der Waals surface area contributed by atoms with Gasteiger partial charge < -0.3 is 4.98 Å². The van der Waals surface area contributed by atoms with Crippen LogP contribution in [0.3, 0.4) is 0 Å². The molecule has 1 rings (SSSR count). The highest BCUT2D eigenvalue weighted by atomic mass is 16.1. The third-order valence-corrected chi connectivity index (χ3v) is 3.76. The van der Waals surface area contributed by atoms with Gasteiger partial charge in [-0.3, -0.25) is 4.79 Å². The summed E-state index contributed by atoms with van der Waals surface area (Å²) in [5, 5.41) is 0. The number of H-pyrrole nitrogens is 1. The van der Waals surface area contributed by atoms with Crippen LogP contribution in [0.5, 0.6) is 0 Å². The zero-order chi connectivity index (χ0) is 15.9. The zero-order valence-electron chi connectivity index (χ0n) is 14.0. The van der Waals surface area contributed by atoms with Gasteiger partial charge in [-0.1, -0.05) is 60.3 Å². The van der Waals surface area contributed by atoms with Crippen molar-refractivity contribution in [2.24, 2.45) is 11.3 Å². The Morgan fingerprint density at radius 1 is 1.35 bits per heavy atom. The fourth-order valence-corrected chi connectivity index (χ4v) is 1.77. The van der Waals surface area contributed by atoms with Crippen molar-refractivity contribution < 1.29 is 4.79 Å². The first-order chi connectivity index (χ1) is 9.36. The molecule has 1 N–H and O–H groups in total. The van der Waals surface area contributed by atoms with Crippen LogP contribution in [0, 0.1) is 11.3 Å². The van der Waals surface area contributed by atoms with E-state index in [2.05, 4.69) is 25.4 Å². The molecule has 0 aliphatic carbocycles. The monoisotopic (exact) mass is 275 g/mol. The Morgan fingerprint density at radius 3 is 2.30 bits per heavy atom. The standard InChI is InChI=1S/C16H23NO.C2H6/c1-7-9-14-12(8-2)13(10-17-14)15(18)16(5,6)11(3)4;1-2/h7-11,17H,2H2,1,3-6H3;1-2H3/b9-7-;. The largest absolute Gasteiger partial charge is 0.360 e. The Labute approximate surface area is 124 Å². The number of hydrogen-bond donors (Lipinski definition) is 1. The van der Waals surface area contributed by atoms with Crippen LogP contribution in [0.25, 0.3) is 12.2 Å². The Bertz CT molecular complexity index is 476. The predicted molar refractivity (Wildman–Crippen MR) is 89.9 cm³/mol. The van der Waals surface area contributed by atoms with Crippen LogP contribution in [-0.4, -0.2) is 10.8 Å². The van der Waals surface area contributed by atoms with Gasteiger partial charge in [-0.2, -0.15) is 0 Å². The van der Waals surface area contributed by atoms with E-state index in [4.69, 9.17) is 0 Å². The second kappa shape index (κ2) is 7.88. The maximum absolute atomic E-state index is 12.6. The summed E-state index contributed by atoms with van der Waals surface area (Å²) in [6, 6.07) is 0. The van der Waals surface area contributed by atoms with E-state index in [9.17, 15) is 4.79 Å². The Kier molecular flexibility index (Phi) is 7.26. The van der Waals surface area contributed by atoms with Gasteiger partial charge in [0.25, 0.3) is 0 Å². The van der Waals surface area contributed by atoms with Crippen LogP contribution in [-0.2, 0) is 0 Å². The Morgan fingerprint density at radius 2 is 1.90 bits per heavy atom. The van der Waals surface area contributed by atoms with E-state index in [0.29, 0.717) is 5.92 Å². The molecule has 2 nitrogen and oxygen atoms in total. The molecule has 112 valence electrons. The fourth-order valence-electron chi connectivity index (χ4n) is 1.77. The second-order valence-electron chi connectivity index (χ2n) is 5.44. The fraction of sp³-hybridized carbons (Fsp3) is 0.500. The molecule has 0 spiro atoms. The minimum Gasteiger partial charge on any atom is -0.360 e. The number of ketones is 1. The summed E-state index contributed by atoms with van der Waals surface area (Å²) in [6.45, 7) is 17.9. The average Bonchev–Trinajstić information content (AvgIpc) is 2.83. The first-order valence-corrected chi connectivity index (χ1v) is 7.37. The molecule has 20 heavy (non-hydrogen) atoms. The zero-order valence-corrected chi connectivity index (χ0v) is 14.0. The molecule has 0 atom stereocenters. The normalized spacial score (nSPS) is 11.4. The highest BCUT2D eigenvalue weighted by molar-refractivity contribution is 6.03. The summed E-state index contributed by atoms with van der Waals surface area (Å²) in [4.78, 5) is 15.8. The number of carbonyl (C=O) groups is 1. The van der Waals surface area contributed by atoms with Gasteiger partial charge in [0, 0.05) is 28.4 Å². The number of nitrogens with one attached hydrogen (secondary N) is 1. The van der Waals surface area contributed by atoms with E-state index in [1.807, 2.05) is 46.8 Å². The number of aromatic amines is 1. The van der Waals surface area contributed by atoms with Gasteiger partial charge in [0.1, 0.15) is 0 Å². The van der Waals surface area contributed by atoms with Gasteiger partial charge in [-0.15, -0.1) is 0 Å². The first kappa shape index (κ1) is 18.4. The quantitative estimate of drug-likeness (QED) is 0.699. The number of hydrogen-bond acceptors (Lipinski definition) is 1. The number of rotatable bonds is 5.